The molecule has 0 amide bonds. The van der Waals surface area contributed by atoms with Crippen LogP contribution in [0.4, 0.5) is 13.2 Å². The molecule has 0 fully saturated rings. The Balaban J connectivity index is 2.59. The summed E-state index contributed by atoms with van der Waals surface area (Å²) in [6.45, 7) is 0. The first-order valence-corrected chi connectivity index (χ1v) is 5.73. The quantitative estimate of drug-likeness (QED) is 0.907. The molecule has 0 atom stereocenters. The average Bonchev–Trinajstić information content (AvgIpc) is 2.38. The summed E-state index contributed by atoms with van der Waals surface area (Å²) in [5.74, 6) is -1.48. The first kappa shape index (κ1) is 14.3. The Bertz CT molecular complexity index is 654. The Kier molecular flexibility index (Phi) is 3.67. The van der Waals surface area contributed by atoms with E-state index in [4.69, 9.17) is 16.7 Å². The van der Waals surface area contributed by atoms with Crippen molar-refractivity contribution in [3.63, 3.8) is 0 Å². The highest BCUT2D eigenvalue weighted by Gasteiger charge is 2.32. The van der Waals surface area contributed by atoms with E-state index in [1.165, 1.54) is 24.3 Å². The fourth-order valence-corrected chi connectivity index (χ4v) is 1.75. The van der Waals surface area contributed by atoms with Crippen molar-refractivity contribution >= 4 is 17.6 Å². The maximum atomic E-state index is 12.6. The lowest BCUT2D eigenvalue weighted by Crippen LogP contribution is -2.10. The van der Waals surface area contributed by atoms with E-state index < -0.39 is 23.3 Å². The molecule has 0 aliphatic heterocycles. The van der Waals surface area contributed by atoms with E-state index in [1.54, 1.807) is 0 Å². The van der Waals surface area contributed by atoms with Gasteiger partial charge in [-0.25, -0.2) is 4.79 Å². The molecule has 1 aromatic carbocycles. The molecule has 7 heteroatoms. The summed E-state index contributed by atoms with van der Waals surface area (Å²) >= 11 is 5.70. The van der Waals surface area contributed by atoms with E-state index in [0.29, 0.717) is 22.8 Å². The summed E-state index contributed by atoms with van der Waals surface area (Å²) in [4.78, 5) is 14.7. The van der Waals surface area contributed by atoms with Gasteiger partial charge in [0.1, 0.15) is 0 Å². The number of carboxylic acid groups (broad SMARTS) is 1. The summed E-state index contributed by atoms with van der Waals surface area (Å²) in [5.41, 5.74) is -1.28. The molecular weight excluding hydrogens is 295 g/mol. The molecule has 0 saturated carbocycles. The van der Waals surface area contributed by atoms with Crippen molar-refractivity contribution in [2.75, 3.05) is 0 Å². The van der Waals surface area contributed by atoms with E-state index in [9.17, 15) is 18.0 Å². The zero-order chi connectivity index (χ0) is 14.9. The standard InChI is InChI=1S/C13H7ClF3NO2/c14-9-3-1-7(2-4-9)11-10(12(19)20)5-8(6-18-11)13(15,16)17/h1-6H,(H,19,20). The predicted octanol–water partition coefficient (Wildman–Crippen LogP) is 4.12. The average molecular weight is 302 g/mol. The van der Waals surface area contributed by atoms with Gasteiger partial charge in [0, 0.05) is 16.8 Å². The molecule has 0 aliphatic rings. The van der Waals surface area contributed by atoms with Crippen LogP contribution in [0.1, 0.15) is 15.9 Å². The first-order valence-electron chi connectivity index (χ1n) is 5.35. The Morgan fingerprint density at radius 3 is 2.30 bits per heavy atom. The zero-order valence-corrected chi connectivity index (χ0v) is 10.5. The van der Waals surface area contributed by atoms with Gasteiger partial charge in [-0.15, -0.1) is 0 Å². The van der Waals surface area contributed by atoms with E-state index in [-0.39, 0.29) is 5.69 Å². The number of pyridine rings is 1. The van der Waals surface area contributed by atoms with Gasteiger partial charge in [0.2, 0.25) is 0 Å². The van der Waals surface area contributed by atoms with Gasteiger partial charge in [0.25, 0.3) is 0 Å². The minimum Gasteiger partial charge on any atom is -0.478 e. The Morgan fingerprint density at radius 1 is 1.20 bits per heavy atom. The number of benzene rings is 1. The molecule has 0 aliphatic carbocycles. The molecule has 2 aromatic rings. The van der Waals surface area contributed by atoms with Crippen molar-refractivity contribution in [2.24, 2.45) is 0 Å². The predicted molar refractivity (Wildman–Crippen MR) is 66.6 cm³/mol. The largest absolute Gasteiger partial charge is 0.478 e. The van der Waals surface area contributed by atoms with E-state index in [2.05, 4.69) is 4.98 Å². The van der Waals surface area contributed by atoms with Crippen molar-refractivity contribution in [1.82, 2.24) is 4.98 Å². The second kappa shape index (κ2) is 5.13. The van der Waals surface area contributed by atoms with E-state index in [0.717, 1.165) is 0 Å². The van der Waals surface area contributed by atoms with Crippen LogP contribution in [0.5, 0.6) is 0 Å². The van der Waals surface area contributed by atoms with Gasteiger partial charge < -0.3 is 5.11 Å². The zero-order valence-electron chi connectivity index (χ0n) is 9.78. The van der Waals surface area contributed by atoms with Crippen LogP contribution < -0.4 is 0 Å². The number of nitrogens with zero attached hydrogens (tertiary/aromatic N) is 1. The van der Waals surface area contributed by atoms with Crippen LogP contribution in [0.15, 0.2) is 36.5 Å². The van der Waals surface area contributed by atoms with Gasteiger partial charge in [-0.1, -0.05) is 23.7 Å². The number of hydrogen-bond donors (Lipinski definition) is 1. The van der Waals surface area contributed by atoms with Crippen LogP contribution in [0.3, 0.4) is 0 Å². The third kappa shape index (κ3) is 2.91. The Labute approximate surface area is 116 Å². The number of carboxylic acids is 1. The maximum Gasteiger partial charge on any atom is 0.417 e. The number of hydrogen-bond acceptors (Lipinski definition) is 2. The monoisotopic (exact) mass is 301 g/mol. The van der Waals surface area contributed by atoms with Crippen LogP contribution in [0.2, 0.25) is 5.02 Å². The molecule has 0 unspecified atom stereocenters. The smallest absolute Gasteiger partial charge is 0.417 e. The molecule has 1 aromatic heterocycles. The van der Waals surface area contributed by atoms with Crippen LogP contribution in [-0.4, -0.2) is 16.1 Å². The van der Waals surface area contributed by atoms with Gasteiger partial charge in [-0.2, -0.15) is 13.2 Å². The fraction of sp³-hybridized carbons (Fsp3) is 0.0769. The minimum atomic E-state index is -4.64. The molecule has 0 spiro atoms. The molecule has 0 radical (unpaired) electrons. The third-order valence-corrected chi connectivity index (χ3v) is 2.82. The van der Waals surface area contributed by atoms with Crippen LogP contribution in [-0.2, 0) is 6.18 Å². The van der Waals surface area contributed by atoms with Crippen molar-refractivity contribution in [3.8, 4) is 11.3 Å². The van der Waals surface area contributed by atoms with Crippen LogP contribution in [0.25, 0.3) is 11.3 Å². The van der Waals surface area contributed by atoms with Crippen LogP contribution in [0, 0.1) is 0 Å². The first-order chi connectivity index (χ1) is 9.29. The highest BCUT2D eigenvalue weighted by Crippen LogP contribution is 2.32. The summed E-state index contributed by atoms with van der Waals surface area (Å²) in [5, 5.41) is 9.47. The summed E-state index contributed by atoms with van der Waals surface area (Å²) in [6.07, 6.45) is -4.04. The van der Waals surface area contributed by atoms with E-state index in [1.807, 2.05) is 0 Å². The van der Waals surface area contributed by atoms with Crippen LogP contribution >= 0.6 is 11.6 Å². The normalized spacial score (nSPS) is 11.4. The number of halogens is 4. The highest BCUT2D eigenvalue weighted by molar-refractivity contribution is 6.30. The Morgan fingerprint density at radius 2 is 1.80 bits per heavy atom. The fourth-order valence-electron chi connectivity index (χ4n) is 1.62. The molecule has 0 bridgehead atoms. The van der Waals surface area contributed by atoms with Crippen molar-refractivity contribution in [3.05, 3.63) is 52.7 Å². The van der Waals surface area contributed by atoms with Crippen molar-refractivity contribution < 1.29 is 23.1 Å². The van der Waals surface area contributed by atoms with E-state index >= 15 is 0 Å². The maximum absolute atomic E-state index is 12.6. The molecule has 20 heavy (non-hydrogen) atoms. The van der Waals surface area contributed by atoms with Crippen molar-refractivity contribution in [1.29, 1.82) is 0 Å². The molecular formula is C13H7ClF3NO2. The van der Waals surface area contributed by atoms with Gasteiger partial charge in [0.15, 0.2) is 0 Å². The second-order valence-corrected chi connectivity index (χ2v) is 4.37. The molecule has 3 nitrogen and oxygen atoms in total. The minimum absolute atomic E-state index is 0.0397. The molecule has 2 rings (SSSR count). The lowest BCUT2D eigenvalue weighted by Gasteiger charge is -2.10. The Hall–Kier alpha value is -2.08. The molecule has 1 heterocycles. The molecule has 104 valence electrons. The number of alkyl halides is 3. The van der Waals surface area contributed by atoms with Gasteiger partial charge in [-0.3, -0.25) is 4.98 Å². The number of rotatable bonds is 2. The SMILES string of the molecule is O=C(O)c1cc(C(F)(F)F)cnc1-c1ccc(Cl)cc1. The lowest BCUT2D eigenvalue weighted by molar-refractivity contribution is -0.137. The third-order valence-electron chi connectivity index (χ3n) is 2.56. The number of aromatic carboxylic acids is 1. The van der Waals surface area contributed by atoms with Gasteiger partial charge >= 0.3 is 12.1 Å². The molecule has 1 N–H and O–H groups in total. The van der Waals surface area contributed by atoms with Gasteiger partial charge in [0.05, 0.1) is 16.8 Å². The topological polar surface area (TPSA) is 50.2 Å². The second-order valence-electron chi connectivity index (χ2n) is 3.93. The number of aromatic nitrogens is 1. The number of carbonyl (C=O) groups is 1. The summed E-state index contributed by atoms with van der Waals surface area (Å²) in [6, 6.07) is 6.55. The summed E-state index contributed by atoms with van der Waals surface area (Å²) < 4.78 is 37.7. The summed E-state index contributed by atoms with van der Waals surface area (Å²) in [7, 11) is 0. The highest BCUT2D eigenvalue weighted by atomic mass is 35.5. The molecule has 0 saturated heterocycles. The van der Waals surface area contributed by atoms with Gasteiger partial charge in [-0.05, 0) is 18.2 Å². The van der Waals surface area contributed by atoms with Crippen molar-refractivity contribution in [2.45, 2.75) is 6.18 Å². The lowest BCUT2D eigenvalue weighted by atomic mass is 10.0.